The molecule has 0 unspecified atom stereocenters. The van der Waals surface area contributed by atoms with Crippen LogP contribution in [0.1, 0.15) is 35.7 Å². The number of hydrogen-bond acceptors (Lipinski definition) is 3. The number of rotatable bonds is 3. The minimum Gasteiger partial charge on any atom is -0.391 e. The zero-order valence-corrected chi connectivity index (χ0v) is 11.6. The fourth-order valence-corrected chi connectivity index (χ4v) is 2.31. The number of β-amino-alcohol motifs (C(OH)–C–C–N with tert-alkyl or cyclic N) is 1. The number of carbonyl (C=O) groups excluding carboxylic acids is 2. The summed E-state index contributed by atoms with van der Waals surface area (Å²) in [5.41, 5.74) is 1.57. The molecule has 1 fully saturated rings. The third kappa shape index (κ3) is 3.81. The summed E-state index contributed by atoms with van der Waals surface area (Å²) in [6.45, 7) is 3.04. The summed E-state index contributed by atoms with van der Waals surface area (Å²) >= 11 is 0. The van der Waals surface area contributed by atoms with Crippen molar-refractivity contribution in [2.24, 2.45) is 0 Å². The van der Waals surface area contributed by atoms with E-state index in [9.17, 15) is 14.7 Å². The first kappa shape index (κ1) is 14.5. The van der Waals surface area contributed by atoms with Crippen molar-refractivity contribution >= 4 is 11.8 Å². The van der Waals surface area contributed by atoms with Crippen LogP contribution < -0.4 is 5.32 Å². The molecule has 5 heteroatoms. The van der Waals surface area contributed by atoms with Gasteiger partial charge in [-0.05, 0) is 30.5 Å². The number of piperidine rings is 1. The summed E-state index contributed by atoms with van der Waals surface area (Å²) in [5.74, 6) is -0.123. The Bertz CT molecular complexity index is 484. The molecule has 20 heavy (non-hydrogen) atoms. The van der Waals surface area contributed by atoms with Crippen LogP contribution in [0.5, 0.6) is 0 Å². The van der Waals surface area contributed by atoms with Gasteiger partial charge in [0.05, 0.1) is 6.10 Å². The molecule has 1 aliphatic rings. The Morgan fingerprint density at radius 1 is 1.35 bits per heavy atom. The van der Waals surface area contributed by atoms with Crippen molar-refractivity contribution < 1.29 is 14.7 Å². The Balaban J connectivity index is 1.98. The van der Waals surface area contributed by atoms with Crippen molar-refractivity contribution in [3.05, 3.63) is 35.4 Å². The van der Waals surface area contributed by atoms with Gasteiger partial charge in [-0.1, -0.05) is 12.1 Å². The number of aliphatic hydroxyl groups excluding tert-OH is 1. The quantitative estimate of drug-likeness (QED) is 0.862. The standard InChI is InChI=1S/C15H20N2O3/c1-11(18)16-9-12-4-6-13(7-5-12)15(20)17-8-2-3-14(19)10-17/h4-7,14,19H,2-3,8-10H2,1H3,(H,16,18)/t14-/m0/s1. The number of nitrogens with zero attached hydrogens (tertiary/aromatic N) is 1. The van der Waals surface area contributed by atoms with Crippen LogP contribution in [0, 0.1) is 0 Å². The van der Waals surface area contributed by atoms with E-state index in [0.29, 0.717) is 25.2 Å². The molecule has 5 nitrogen and oxygen atoms in total. The molecular weight excluding hydrogens is 256 g/mol. The van der Waals surface area contributed by atoms with Crippen LogP contribution in [0.4, 0.5) is 0 Å². The van der Waals surface area contributed by atoms with Gasteiger partial charge in [0.25, 0.3) is 5.91 Å². The molecule has 0 spiro atoms. The van der Waals surface area contributed by atoms with Crippen LogP contribution in [0.3, 0.4) is 0 Å². The van der Waals surface area contributed by atoms with Gasteiger partial charge >= 0.3 is 0 Å². The van der Waals surface area contributed by atoms with Crippen molar-refractivity contribution in [2.75, 3.05) is 13.1 Å². The predicted octanol–water partition coefficient (Wildman–Crippen LogP) is 0.920. The second kappa shape index (κ2) is 6.52. The zero-order chi connectivity index (χ0) is 14.5. The van der Waals surface area contributed by atoms with Gasteiger partial charge in [0, 0.05) is 32.1 Å². The number of nitrogens with one attached hydrogen (secondary N) is 1. The molecule has 2 amide bonds. The Labute approximate surface area is 118 Å². The van der Waals surface area contributed by atoms with E-state index in [0.717, 1.165) is 18.4 Å². The van der Waals surface area contributed by atoms with Gasteiger partial charge < -0.3 is 15.3 Å². The maximum atomic E-state index is 12.3. The molecule has 1 heterocycles. The number of amides is 2. The van der Waals surface area contributed by atoms with Gasteiger partial charge in [-0.15, -0.1) is 0 Å². The van der Waals surface area contributed by atoms with Crippen molar-refractivity contribution in [3.8, 4) is 0 Å². The number of hydrogen-bond donors (Lipinski definition) is 2. The minimum absolute atomic E-state index is 0.0465. The molecule has 0 saturated carbocycles. The van der Waals surface area contributed by atoms with E-state index >= 15 is 0 Å². The van der Waals surface area contributed by atoms with Gasteiger partial charge in [0.2, 0.25) is 5.91 Å². The van der Waals surface area contributed by atoms with E-state index in [-0.39, 0.29) is 11.8 Å². The minimum atomic E-state index is -0.410. The second-order valence-corrected chi connectivity index (χ2v) is 5.15. The number of aliphatic hydroxyl groups is 1. The molecule has 108 valence electrons. The number of likely N-dealkylation sites (tertiary alicyclic amines) is 1. The van der Waals surface area contributed by atoms with Crippen LogP contribution in [0.15, 0.2) is 24.3 Å². The van der Waals surface area contributed by atoms with Crippen LogP contribution in [0.25, 0.3) is 0 Å². The first-order valence-electron chi connectivity index (χ1n) is 6.87. The molecule has 0 aliphatic carbocycles. The van der Waals surface area contributed by atoms with Crippen LogP contribution in [0.2, 0.25) is 0 Å². The lowest BCUT2D eigenvalue weighted by Crippen LogP contribution is -2.42. The van der Waals surface area contributed by atoms with Crippen LogP contribution in [-0.4, -0.2) is 41.0 Å². The van der Waals surface area contributed by atoms with Crippen molar-refractivity contribution in [1.82, 2.24) is 10.2 Å². The van der Waals surface area contributed by atoms with Gasteiger partial charge in [-0.2, -0.15) is 0 Å². The molecule has 1 aromatic carbocycles. The van der Waals surface area contributed by atoms with E-state index < -0.39 is 6.10 Å². The van der Waals surface area contributed by atoms with E-state index in [1.807, 2.05) is 12.1 Å². The van der Waals surface area contributed by atoms with E-state index in [2.05, 4.69) is 5.32 Å². The smallest absolute Gasteiger partial charge is 0.253 e. The fraction of sp³-hybridized carbons (Fsp3) is 0.467. The lowest BCUT2D eigenvalue weighted by molar-refractivity contribution is -0.119. The third-order valence-corrected chi connectivity index (χ3v) is 3.43. The van der Waals surface area contributed by atoms with Crippen molar-refractivity contribution in [3.63, 3.8) is 0 Å². The first-order valence-corrected chi connectivity index (χ1v) is 6.87. The highest BCUT2D eigenvalue weighted by Crippen LogP contribution is 2.14. The van der Waals surface area contributed by atoms with E-state index in [1.54, 1.807) is 17.0 Å². The van der Waals surface area contributed by atoms with Gasteiger partial charge in [-0.3, -0.25) is 9.59 Å². The molecule has 1 aromatic rings. The lowest BCUT2D eigenvalue weighted by Gasteiger charge is -2.30. The van der Waals surface area contributed by atoms with Gasteiger partial charge in [0.15, 0.2) is 0 Å². The zero-order valence-electron chi connectivity index (χ0n) is 11.6. The first-order chi connectivity index (χ1) is 9.56. The average molecular weight is 276 g/mol. The normalized spacial score (nSPS) is 18.7. The summed E-state index contributed by atoms with van der Waals surface area (Å²) < 4.78 is 0. The number of benzene rings is 1. The molecule has 0 aromatic heterocycles. The maximum absolute atomic E-state index is 12.3. The highest BCUT2D eigenvalue weighted by Gasteiger charge is 2.22. The van der Waals surface area contributed by atoms with Crippen LogP contribution >= 0.6 is 0 Å². The molecule has 2 rings (SSSR count). The molecule has 0 bridgehead atoms. The summed E-state index contributed by atoms with van der Waals surface area (Å²) in [6, 6.07) is 7.20. The summed E-state index contributed by atoms with van der Waals surface area (Å²) in [6.07, 6.45) is 1.19. The summed E-state index contributed by atoms with van der Waals surface area (Å²) in [7, 11) is 0. The molecule has 1 atom stereocenters. The molecule has 1 saturated heterocycles. The number of carbonyl (C=O) groups is 2. The Morgan fingerprint density at radius 3 is 2.65 bits per heavy atom. The predicted molar refractivity (Wildman–Crippen MR) is 75.1 cm³/mol. The van der Waals surface area contributed by atoms with Crippen LogP contribution in [-0.2, 0) is 11.3 Å². The topological polar surface area (TPSA) is 69.6 Å². The highest BCUT2D eigenvalue weighted by atomic mass is 16.3. The van der Waals surface area contributed by atoms with Gasteiger partial charge in [-0.25, -0.2) is 0 Å². The van der Waals surface area contributed by atoms with Crippen molar-refractivity contribution in [1.29, 1.82) is 0 Å². The second-order valence-electron chi connectivity index (χ2n) is 5.15. The largest absolute Gasteiger partial charge is 0.391 e. The van der Waals surface area contributed by atoms with E-state index in [4.69, 9.17) is 0 Å². The molecule has 2 N–H and O–H groups in total. The highest BCUT2D eigenvalue weighted by molar-refractivity contribution is 5.94. The summed E-state index contributed by atoms with van der Waals surface area (Å²) in [5, 5.41) is 12.3. The van der Waals surface area contributed by atoms with E-state index in [1.165, 1.54) is 6.92 Å². The Hall–Kier alpha value is -1.88. The summed E-state index contributed by atoms with van der Waals surface area (Å²) in [4.78, 5) is 24.8. The Morgan fingerprint density at radius 2 is 2.05 bits per heavy atom. The average Bonchev–Trinajstić information content (AvgIpc) is 2.45. The molecule has 0 radical (unpaired) electrons. The Kier molecular flexibility index (Phi) is 4.74. The fourth-order valence-electron chi connectivity index (χ4n) is 2.31. The van der Waals surface area contributed by atoms with Crippen molar-refractivity contribution in [2.45, 2.75) is 32.4 Å². The molecule has 1 aliphatic heterocycles. The lowest BCUT2D eigenvalue weighted by atomic mass is 10.1. The van der Waals surface area contributed by atoms with Gasteiger partial charge in [0.1, 0.15) is 0 Å². The molecular formula is C15H20N2O3. The SMILES string of the molecule is CC(=O)NCc1ccc(C(=O)N2CCC[C@H](O)C2)cc1. The maximum Gasteiger partial charge on any atom is 0.253 e. The monoisotopic (exact) mass is 276 g/mol. The third-order valence-electron chi connectivity index (χ3n) is 3.43.